The molecule has 0 atom stereocenters. The Morgan fingerprint density at radius 1 is 1.24 bits per heavy atom. The molecule has 0 amide bonds. The van der Waals surface area contributed by atoms with Gasteiger partial charge in [-0.25, -0.2) is 9.13 Å². The van der Waals surface area contributed by atoms with Crippen LogP contribution in [0.25, 0.3) is 11.3 Å². The van der Waals surface area contributed by atoms with Crippen LogP contribution in [0.2, 0.25) is 0 Å². The van der Waals surface area contributed by atoms with Crippen molar-refractivity contribution in [2.24, 2.45) is 7.05 Å². The van der Waals surface area contributed by atoms with Gasteiger partial charge in [0.05, 0.1) is 13.6 Å². The zero-order valence-corrected chi connectivity index (χ0v) is 11.0. The number of aryl methyl sites for hydroxylation is 1. The smallest absolute Gasteiger partial charge is 0.236 e. The van der Waals surface area contributed by atoms with Crippen LogP contribution in [-0.2, 0) is 19.0 Å². The number of fused-ring (bicyclic) bond motifs is 3. The summed E-state index contributed by atoms with van der Waals surface area (Å²) in [5.41, 5.74) is 4.40. The largest absolute Gasteiger partial charge is 0.253 e. The van der Waals surface area contributed by atoms with E-state index in [9.17, 15) is 0 Å². The first-order valence-corrected chi connectivity index (χ1v) is 6.16. The minimum atomic E-state index is 0.209. The summed E-state index contributed by atoms with van der Waals surface area (Å²) >= 11 is 0. The second-order valence-corrected chi connectivity index (χ2v) is 5.69. The highest BCUT2D eigenvalue weighted by Crippen LogP contribution is 2.39. The number of hydrogen-bond acceptors (Lipinski definition) is 0. The van der Waals surface area contributed by atoms with E-state index in [2.05, 4.69) is 67.4 Å². The van der Waals surface area contributed by atoms with Crippen LogP contribution in [0.5, 0.6) is 0 Å². The van der Waals surface area contributed by atoms with E-state index >= 15 is 0 Å². The fourth-order valence-electron chi connectivity index (χ4n) is 2.90. The standard InChI is InChI=1S/C15H19N2/c1-11-16(4)9-14-12-7-5-6-8-13(12)15(2,3)10-17(11)14/h5-9H,10H2,1-4H3/q+1. The Morgan fingerprint density at radius 3 is 2.71 bits per heavy atom. The van der Waals surface area contributed by atoms with E-state index in [1.165, 1.54) is 22.6 Å². The molecule has 0 unspecified atom stereocenters. The monoisotopic (exact) mass is 227 g/mol. The van der Waals surface area contributed by atoms with E-state index in [1.807, 2.05) is 0 Å². The summed E-state index contributed by atoms with van der Waals surface area (Å²) in [5.74, 6) is 1.32. The van der Waals surface area contributed by atoms with Gasteiger partial charge in [-0.2, -0.15) is 0 Å². The first-order chi connectivity index (χ1) is 8.00. The molecule has 0 fully saturated rings. The summed E-state index contributed by atoms with van der Waals surface area (Å²) < 4.78 is 4.65. The van der Waals surface area contributed by atoms with E-state index in [4.69, 9.17) is 0 Å². The first kappa shape index (κ1) is 10.6. The van der Waals surface area contributed by atoms with E-state index in [1.54, 1.807) is 0 Å². The van der Waals surface area contributed by atoms with Gasteiger partial charge in [0.2, 0.25) is 0 Å². The second kappa shape index (κ2) is 3.22. The highest BCUT2D eigenvalue weighted by Gasteiger charge is 2.36. The predicted molar refractivity (Wildman–Crippen MR) is 68.8 cm³/mol. The molecule has 17 heavy (non-hydrogen) atoms. The molecule has 0 radical (unpaired) electrons. The van der Waals surface area contributed by atoms with Crippen molar-refractivity contribution in [2.45, 2.75) is 32.7 Å². The summed E-state index contributed by atoms with van der Waals surface area (Å²) in [4.78, 5) is 0. The fourth-order valence-corrected chi connectivity index (χ4v) is 2.90. The van der Waals surface area contributed by atoms with Gasteiger partial charge in [-0.1, -0.05) is 38.1 Å². The molecule has 0 saturated carbocycles. The Bertz CT molecular complexity index is 591. The van der Waals surface area contributed by atoms with Crippen molar-refractivity contribution in [2.75, 3.05) is 0 Å². The van der Waals surface area contributed by atoms with Crippen molar-refractivity contribution in [3.05, 3.63) is 41.9 Å². The van der Waals surface area contributed by atoms with E-state index in [0.29, 0.717) is 0 Å². The third kappa shape index (κ3) is 1.36. The molecule has 2 aromatic rings. The summed E-state index contributed by atoms with van der Waals surface area (Å²) in [5, 5.41) is 0. The lowest BCUT2D eigenvalue weighted by Crippen LogP contribution is -2.33. The average Bonchev–Trinajstić information content (AvgIpc) is 2.57. The molecule has 0 saturated heterocycles. The molecule has 0 aliphatic carbocycles. The number of nitrogens with zero attached hydrogens (tertiary/aromatic N) is 2. The number of aromatic nitrogens is 2. The molecule has 88 valence electrons. The third-order valence-corrected chi connectivity index (χ3v) is 3.99. The lowest BCUT2D eigenvalue weighted by molar-refractivity contribution is -0.677. The molecular formula is C15H19N2+. The maximum absolute atomic E-state index is 2.43. The average molecular weight is 227 g/mol. The molecule has 1 aromatic carbocycles. The Labute approximate surface area is 103 Å². The van der Waals surface area contributed by atoms with E-state index < -0.39 is 0 Å². The van der Waals surface area contributed by atoms with Crippen molar-refractivity contribution in [1.29, 1.82) is 0 Å². The van der Waals surface area contributed by atoms with Crippen LogP contribution >= 0.6 is 0 Å². The summed E-state index contributed by atoms with van der Waals surface area (Å²) in [6.07, 6.45) is 2.24. The van der Waals surface area contributed by atoms with Gasteiger partial charge in [-0.15, -0.1) is 0 Å². The van der Waals surface area contributed by atoms with Crippen LogP contribution in [-0.4, -0.2) is 4.57 Å². The number of imidazole rings is 1. The van der Waals surface area contributed by atoms with Crippen LogP contribution in [0.1, 0.15) is 25.2 Å². The lowest BCUT2D eigenvalue weighted by atomic mass is 9.78. The molecule has 1 aliphatic rings. The van der Waals surface area contributed by atoms with E-state index in [-0.39, 0.29) is 5.41 Å². The van der Waals surface area contributed by atoms with Gasteiger partial charge in [0.1, 0.15) is 6.20 Å². The van der Waals surface area contributed by atoms with Crippen LogP contribution < -0.4 is 4.57 Å². The summed E-state index contributed by atoms with van der Waals surface area (Å²) in [7, 11) is 2.12. The fraction of sp³-hybridized carbons (Fsp3) is 0.400. The Hall–Kier alpha value is -1.57. The summed E-state index contributed by atoms with van der Waals surface area (Å²) in [6.45, 7) is 7.90. The highest BCUT2D eigenvalue weighted by molar-refractivity contribution is 5.67. The van der Waals surface area contributed by atoms with Gasteiger partial charge in [0.15, 0.2) is 5.69 Å². The highest BCUT2D eigenvalue weighted by atomic mass is 15.2. The van der Waals surface area contributed by atoms with Gasteiger partial charge >= 0.3 is 0 Å². The van der Waals surface area contributed by atoms with Crippen molar-refractivity contribution < 1.29 is 4.57 Å². The SMILES string of the molecule is Cc1n2c(c[n+]1C)-c1ccccc1C(C)(C)C2. The van der Waals surface area contributed by atoms with Gasteiger partial charge in [0.25, 0.3) is 5.82 Å². The molecule has 1 aliphatic heterocycles. The Morgan fingerprint density at radius 2 is 1.94 bits per heavy atom. The molecule has 0 spiro atoms. The molecule has 1 aromatic heterocycles. The quantitative estimate of drug-likeness (QED) is 0.612. The molecule has 2 nitrogen and oxygen atoms in total. The minimum absolute atomic E-state index is 0.209. The Kier molecular flexibility index (Phi) is 2.00. The molecular weight excluding hydrogens is 208 g/mol. The molecule has 2 heterocycles. The molecule has 3 rings (SSSR count). The predicted octanol–water partition coefficient (Wildman–Crippen LogP) is 2.58. The number of hydrogen-bond donors (Lipinski definition) is 0. The minimum Gasteiger partial charge on any atom is -0.236 e. The van der Waals surface area contributed by atoms with Crippen molar-refractivity contribution in [3.8, 4) is 11.3 Å². The maximum atomic E-state index is 2.43. The molecule has 2 heteroatoms. The lowest BCUT2D eigenvalue weighted by Gasteiger charge is -2.30. The zero-order chi connectivity index (χ0) is 12.2. The van der Waals surface area contributed by atoms with Crippen LogP contribution in [0, 0.1) is 6.92 Å². The van der Waals surface area contributed by atoms with Crippen LogP contribution in [0.3, 0.4) is 0 Å². The maximum Gasteiger partial charge on any atom is 0.253 e. The Balaban J connectivity index is 2.35. The third-order valence-electron chi connectivity index (χ3n) is 3.99. The van der Waals surface area contributed by atoms with Crippen molar-refractivity contribution in [1.82, 2.24) is 4.57 Å². The van der Waals surface area contributed by atoms with Crippen LogP contribution in [0.15, 0.2) is 30.5 Å². The number of rotatable bonds is 0. The van der Waals surface area contributed by atoms with Crippen molar-refractivity contribution in [3.63, 3.8) is 0 Å². The van der Waals surface area contributed by atoms with Gasteiger partial charge in [-0.3, -0.25) is 0 Å². The summed E-state index contributed by atoms with van der Waals surface area (Å²) in [6, 6.07) is 8.78. The second-order valence-electron chi connectivity index (χ2n) is 5.69. The van der Waals surface area contributed by atoms with E-state index in [0.717, 1.165) is 6.54 Å². The number of benzene rings is 1. The molecule has 0 bridgehead atoms. The normalized spacial score (nSPS) is 16.5. The van der Waals surface area contributed by atoms with Gasteiger partial charge < -0.3 is 0 Å². The molecule has 0 N–H and O–H groups in total. The van der Waals surface area contributed by atoms with Crippen LogP contribution in [0.4, 0.5) is 0 Å². The topological polar surface area (TPSA) is 8.81 Å². The van der Waals surface area contributed by atoms with Gasteiger partial charge in [-0.05, 0) is 5.56 Å². The first-order valence-electron chi connectivity index (χ1n) is 6.16. The van der Waals surface area contributed by atoms with Gasteiger partial charge in [0, 0.05) is 17.9 Å². The van der Waals surface area contributed by atoms with Crippen molar-refractivity contribution >= 4 is 0 Å². The zero-order valence-electron chi connectivity index (χ0n) is 11.0.